The van der Waals surface area contributed by atoms with E-state index < -0.39 is 27.5 Å². The van der Waals surface area contributed by atoms with E-state index in [2.05, 4.69) is 15.0 Å². The van der Waals surface area contributed by atoms with Crippen molar-refractivity contribution in [1.29, 1.82) is 0 Å². The van der Waals surface area contributed by atoms with Crippen LogP contribution >= 0.6 is 11.3 Å². The van der Waals surface area contributed by atoms with Gasteiger partial charge >= 0.3 is 6.09 Å². The maximum atomic E-state index is 14.8. The molecule has 0 radical (unpaired) electrons. The summed E-state index contributed by atoms with van der Waals surface area (Å²) in [6.07, 6.45) is 1.57. The molecule has 1 aromatic heterocycles. The Bertz CT molecular complexity index is 1510. The van der Waals surface area contributed by atoms with Gasteiger partial charge < -0.3 is 9.64 Å². The van der Waals surface area contributed by atoms with Crippen LogP contribution in [-0.4, -0.2) is 43.6 Å². The minimum absolute atomic E-state index is 0.0271. The molecule has 12 heteroatoms. The van der Waals surface area contributed by atoms with Crippen LogP contribution in [0.3, 0.4) is 0 Å². The SMILES string of the molecule is CC(C)OC(=O)Nc1ccc(-c2ncc(-c3ccc(N4CCCC4=O)cc3S(=O)(=O)NC(C)(C)C)s2)cc1F. The Morgan fingerprint density at radius 3 is 2.54 bits per heavy atom. The summed E-state index contributed by atoms with van der Waals surface area (Å²) >= 11 is 1.20. The summed E-state index contributed by atoms with van der Waals surface area (Å²) < 4.78 is 49.4. The maximum absolute atomic E-state index is 14.8. The number of nitrogens with one attached hydrogen (secondary N) is 2. The number of carbonyl (C=O) groups excluding carboxylic acids is 2. The van der Waals surface area contributed by atoms with Gasteiger partial charge in [0.15, 0.2) is 0 Å². The molecular weight excluding hydrogens is 543 g/mol. The smallest absolute Gasteiger partial charge is 0.411 e. The number of hydrogen-bond acceptors (Lipinski definition) is 7. The van der Waals surface area contributed by atoms with E-state index in [4.69, 9.17) is 4.74 Å². The molecule has 3 aromatic rings. The highest BCUT2D eigenvalue weighted by molar-refractivity contribution is 7.89. The van der Waals surface area contributed by atoms with Crippen molar-refractivity contribution in [2.75, 3.05) is 16.8 Å². The van der Waals surface area contributed by atoms with E-state index in [0.29, 0.717) is 46.1 Å². The molecule has 39 heavy (non-hydrogen) atoms. The standard InChI is InChI=1S/C27H31FN4O5S2/c1-16(2)37-26(34)30-21-11-8-17(13-20(21)28)25-29-15-22(38-25)19-10-9-18(32-12-6-7-24(32)33)14-23(19)39(35,36)31-27(3,4)5/h8-11,13-16,31H,6-7,12H2,1-5H3,(H,30,34). The van der Waals surface area contributed by atoms with Crippen molar-refractivity contribution in [2.24, 2.45) is 0 Å². The van der Waals surface area contributed by atoms with Gasteiger partial charge in [0.05, 0.1) is 21.6 Å². The van der Waals surface area contributed by atoms with Gasteiger partial charge in [-0.05, 0) is 71.4 Å². The van der Waals surface area contributed by atoms with Crippen molar-refractivity contribution in [3.8, 4) is 21.0 Å². The molecule has 0 bridgehead atoms. The maximum Gasteiger partial charge on any atom is 0.411 e. The van der Waals surface area contributed by atoms with Crippen LogP contribution in [0.25, 0.3) is 21.0 Å². The first-order valence-corrected chi connectivity index (χ1v) is 14.8. The Labute approximate surface area is 231 Å². The molecule has 0 aliphatic carbocycles. The van der Waals surface area contributed by atoms with Crippen molar-refractivity contribution in [3.05, 3.63) is 48.4 Å². The van der Waals surface area contributed by atoms with Gasteiger partial charge in [-0.2, -0.15) is 0 Å². The molecule has 4 rings (SSSR count). The molecule has 2 aromatic carbocycles. The van der Waals surface area contributed by atoms with E-state index in [9.17, 15) is 22.4 Å². The lowest BCUT2D eigenvalue weighted by molar-refractivity contribution is -0.117. The highest BCUT2D eigenvalue weighted by atomic mass is 32.2. The Balaban J connectivity index is 1.69. The first-order valence-electron chi connectivity index (χ1n) is 12.5. The lowest BCUT2D eigenvalue weighted by Crippen LogP contribution is -2.40. The van der Waals surface area contributed by atoms with Crippen LogP contribution in [0, 0.1) is 5.82 Å². The number of aromatic nitrogens is 1. The van der Waals surface area contributed by atoms with Gasteiger partial charge in [-0.15, -0.1) is 11.3 Å². The summed E-state index contributed by atoms with van der Waals surface area (Å²) in [5.74, 6) is -0.713. The van der Waals surface area contributed by atoms with Crippen molar-refractivity contribution in [2.45, 2.75) is 64.0 Å². The molecule has 2 heterocycles. The van der Waals surface area contributed by atoms with Crippen LogP contribution in [0.1, 0.15) is 47.5 Å². The number of rotatable bonds is 7. The Morgan fingerprint density at radius 2 is 1.92 bits per heavy atom. The summed E-state index contributed by atoms with van der Waals surface area (Å²) in [6.45, 7) is 9.15. The molecule has 2 N–H and O–H groups in total. The fourth-order valence-electron chi connectivity index (χ4n) is 4.12. The van der Waals surface area contributed by atoms with E-state index in [-0.39, 0.29) is 22.6 Å². The molecule has 0 spiro atoms. The molecule has 1 saturated heterocycles. The number of ether oxygens (including phenoxy) is 1. The largest absolute Gasteiger partial charge is 0.447 e. The minimum atomic E-state index is -3.98. The molecule has 0 atom stereocenters. The van der Waals surface area contributed by atoms with Gasteiger partial charge in [0, 0.05) is 41.5 Å². The van der Waals surface area contributed by atoms with E-state index in [0.717, 1.165) is 0 Å². The number of nitrogens with zero attached hydrogens (tertiary/aromatic N) is 2. The predicted molar refractivity (Wildman–Crippen MR) is 150 cm³/mol. The first kappa shape index (κ1) is 28.7. The molecule has 0 unspecified atom stereocenters. The van der Waals surface area contributed by atoms with Gasteiger partial charge in [-0.25, -0.2) is 27.3 Å². The van der Waals surface area contributed by atoms with Gasteiger partial charge in [-0.3, -0.25) is 10.1 Å². The normalized spacial score (nSPS) is 14.2. The molecule has 208 valence electrons. The average Bonchev–Trinajstić information content (AvgIpc) is 3.47. The Hall–Kier alpha value is -3.35. The number of thiazole rings is 1. The number of anilines is 2. The summed E-state index contributed by atoms with van der Waals surface area (Å²) in [5.41, 5.74) is 0.629. The molecule has 2 amide bonds. The van der Waals surface area contributed by atoms with Crippen LogP contribution in [0.4, 0.5) is 20.6 Å². The van der Waals surface area contributed by atoms with Crippen LogP contribution in [-0.2, 0) is 19.6 Å². The number of benzene rings is 2. The highest BCUT2D eigenvalue weighted by Crippen LogP contribution is 2.38. The predicted octanol–water partition coefficient (Wildman–Crippen LogP) is 5.78. The third-order valence-corrected chi connectivity index (χ3v) is 8.52. The second kappa shape index (κ2) is 11.0. The second-order valence-electron chi connectivity index (χ2n) is 10.5. The number of carbonyl (C=O) groups is 2. The van der Waals surface area contributed by atoms with Gasteiger partial charge in [0.25, 0.3) is 0 Å². The van der Waals surface area contributed by atoms with E-state index >= 15 is 0 Å². The summed E-state index contributed by atoms with van der Waals surface area (Å²) in [5, 5.41) is 2.83. The van der Waals surface area contributed by atoms with Crippen molar-refractivity contribution in [3.63, 3.8) is 0 Å². The molecular formula is C27H31FN4O5S2. The zero-order valence-corrected chi connectivity index (χ0v) is 24.0. The van der Waals surface area contributed by atoms with E-state index in [1.54, 1.807) is 57.7 Å². The first-order chi connectivity index (χ1) is 18.2. The quantitative estimate of drug-likeness (QED) is 0.370. The highest BCUT2D eigenvalue weighted by Gasteiger charge is 2.29. The van der Waals surface area contributed by atoms with Crippen LogP contribution in [0.2, 0.25) is 0 Å². The summed E-state index contributed by atoms with van der Waals surface area (Å²) in [4.78, 5) is 30.7. The molecule has 1 fully saturated rings. The number of hydrogen-bond donors (Lipinski definition) is 2. The molecule has 9 nitrogen and oxygen atoms in total. The van der Waals surface area contributed by atoms with Crippen molar-refractivity contribution >= 4 is 44.7 Å². The van der Waals surface area contributed by atoms with Crippen molar-refractivity contribution in [1.82, 2.24) is 9.71 Å². The van der Waals surface area contributed by atoms with E-state index in [1.807, 2.05) is 0 Å². The van der Waals surface area contributed by atoms with Crippen molar-refractivity contribution < 1.29 is 27.1 Å². The molecule has 1 aliphatic heterocycles. The topological polar surface area (TPSA) is 118 Å². The van der Waals surface area contributed by atoms with E-state index in [1.165, 1.54) is 35.7 Å². The van der Waals surface area contributed by atoms with Crippen LogP contribution in [0.5, 0.6) is 0 Å². The Morgan fingerprint density at radius 1 is 1.18 bits per heavy atom. The fourth-order valence-corrected chi connectivity index (χ4v) is 6.80. The van der Waals surface area contributed by atoms with Crippen LogP contribution in [0.15, 0.2) is 47.5 Å². The number of halogens is 1. The summed E-state index contributed by atoms with van der Waals surface area (Å²) in [6, 6.07) is 9.18. The second-order valence-corrected chi connectivity index (χ2v) is 13.2. The fraction of sp³-hybridized carbons (Fsp3) is 0.370. The molecule has 0 saturated carbocycles. The number of amides is 2. The zero-order chi connectivity index (χ0) is 28.5. The lowest BCUT2D eigenvalue weighted by Gasteiger charge is -2.23. The third kappa shape index (κ3) is 6.81. The van der Waals surface area contributed by atoms with Gasteiger partial charge in [0.1, 0.15) is 10.8 Å². The zero-order valence-electron chi connectivity index (χ0n) is 22.4. The molecule has 1 aliphatic rings. The number of sulfonamides is 1. The third-order valence-electron chi connectivity index (χ3n) is 5.65. The Kier molecular flexibility index (Phi) is 8.10. The minimum Gasteiger partial charge on any atom is -0.447 e. The summed E-state index contributed by atoms with van der Waals surface area (Å²) in [7, 11) is -3.98. The lowest BCUT2D eigenvalue weighted by atomic mass is 10.1. The van der Waals surface area contributed by atoms with Gasteiger partial charge in [0.2, 0.25) is 15.9 Å². The monoisotopic (exact) mass is 574 g/mol. The average molecular weight is 575 g/mol. The van der Waals surface area contributed by atoms with Crippen LogP contribution < -0.4 is 14.9 Å². The van der Waals surface area contributed by atoms with Gasteiger partial charge in [-0.1, -0.05) is 6.07 Å².